The van der Waals surface area contributed by atoms with Crippen molar-refractivity contribution in [2.75, 3.05) is 6.54 Å². The summed E-state index contributed by atoms with van der Waals surface area (Å²) < 4.78 is 0. The molecule has 1 rings (SSSR count). The van der Waals surface area contributed by atoms with Crippen molar-refractivity contribution in [2.45, 2.75) is 45.8 Å². The fourth-order valence-corrected chi connectivity index (χ4v) is 2.63. The number of amides is 1. The van der Waals surface area contributed by atoms with Gasteiger partial charge in [-0.3, -0.25) is 4.79 Å². The van der Waals surface area contributed by atoms with Gasteiger partial charge in [-0.2, -0.15) is 0 Å². The molecule has 1 amide bonds. The van der Waals surface area contributed by atoms with Crippen LogP contribution in [0.1, 0.15) is 33.6 Å². The fraction of sp³-hybridized carbons (Fsp3) is 0.909. The predicted octanol–water partition coefficient (Wildman–Crippen LogP) is 1.26. The van der Waals surface area contributed by atoms with E-state index in [9.17, 15) is 9.90 Å². The topological polar surface area (TPSA) is 40.5 Å². The highest BCUT2D eigenvalue weighted by Gasteiger charge is 2.36. The quantitative estimate of drug-likeness (QED) is 0.695. The molecule has 1 aliphatic heterocycles. The first-order valence-corrected chi connectivity index (χ1v) is 5.50. The second kappa shape index (κ2) is 4.78. The fourth-order valence-electron chi connectivity index (χ4n) is 2.63. The van der Waals surface area contributed by atoms with Crippen molar-refractivity contribution in [3.8, 4) is 0 Å². The highest BCUT2D eigenvalue weighted by atomic mass is 16.3. The first-order chi connectivity index (χ1) is 6.61. The molecule has 3 heteroatoms. The third-order valence-corrected chi connectivity index (χ3v) is 3.29. The van der Waals surface area contributed by atoms with E-state index in [-0.39, 0.29) is 18.1 Å². The molecular formula is C11H21NO2. The zero-order valence-corrected chi connectivity index (χ0v) is 9.31. The maximum Gasteiger partial charge on any atom is 0.209 e. The number of rotatable bonds is 3. The zero-order valence-electron chi connectivity index (χ0n) is 9.31. The number of carbonyl (C=O) groups excluding carboxylic acids is 1. The van der Waals surface area contributed by atoms with Gasteiger partial charge in [0, 0.05) is 18.5 Å². The van der Waals surface area contributed by atoms with Crippen LogP contribution in [-0.2, 0) is 4.79 Å². The van der Waals surface area contributed by atoms with Gasteiger partial charge in [0.1, 0.15) is 0 Å². The summed E-state index contributed by atoms with van der Waals surface area (Å²) in [7, 11) is 0. The summed E-state index contributed by atoms with van der Waals surface area (Å²) in [6.45, 7) is 7.01. The second-order valence-corrected chi connectivity index (χ2v) is 4.51. The molecule has 0 bridgehead atoms. The van der Waals surface area contributed by atoms with Gasteiger partial charge < -0.3 is 10.0 Å². The molecule has 14 heavy (non-hydrogen) atoms. The van der Waals surface area contributed by atoms with Gasteiger partial charge in [0.05, 0.1) is 6.10 Å². The molecule has 82 valence electrons. The van der Waals surface area contributed by atoms with Crippen LogP contribution in [0, 0.1) is 11.8 Å². The smallest absolute Gasteiger partial charge is 0.209 e. The van der Waals surface area contributed by atoms with Crippen LogP contribution in [0.15, 0.2) is 0 Å². The van der Waals surface area contributed by atoms with Crippen molar-refractivity contribution in [2.24, 2.45) is 11.8 Å². The standard InChI is InChI=1S/C11H21NO2/c1-4-9-10(14)5-6-12(7-13)11(9)8(2)3/h7-11,14H,4-6H2,1-3H3. The molecule has 0 spiro atoms. The largest absolute Gasteiger partial charge is 0.393 e. The second-order valence-electron chi connectivity index (χ2n) is 4.51. The Morgan fingerprint density at radius 2 is 2.21 bits per heavy atom. The molecule has 1 N–H and O–H groups in total. The molecule has 1 saturated heterocycles. The molecule has 1 fully saturated rings. The SMILES string of the molecule is CCC1C(O)CCN(C=O)C1C(C)C. The van der Waals surface area contributed by atoms with Crippen LogP contribution in [0.4, 0.5) is 0 Å². The number of aliphatic hydroxyl groups excluding tert-OH is 1. The van der Waals surface area contributed by atoms with E-state index in [1.54, 1.807) is 0 Å². The van der Waals surface area contributed by atoms with E-state index in [2.05, 4.69) is 20.8 Å². The summed E-state index contributed by atoms with van der Waals surface area (Å²) >= 11 is 0. The van der Waals surface area contributed by atoms with Gasteiger partial charge in [0.2, 0.25) is 6.41 Å². The van der Waals surface area contributed by atoms with E-state index >= 15 is 0 Å². The van der Waals surface area contributed by atoms with Crippen LogP contribution in [0.3, 0.4) is 0 Å². The van der Waals surface area contributed by atoms with Gasteiger partial charge >= 0.3 is 0 Å². The lowest BCUT2D eigenvalue weighted by Gasteiger charge is -2.44. The van der Waals surface area contributed by atoms with E-state index < -0.39 is 0 Å². The molecule has 0 aromatic rings. The van der Waals surface area contributed by atoms with Crippen LogP contribution in [-0.4, -0.2) is 35.1 Å². The normalized spacial score (nSPS) is 33.5. The summed E-state index contributed by atoms with van der Waals surface area (Å²) in [4.78, 5) is 12.7. The Morgan fingerprint density at radius 3 is 2.64 bits per heavy atom. The lowest BCUT2D eigenvalue weighted by Crippen LogP contribution is -2.52. The first-order valence-electron chi connectivity index (χ1n) is 5.50. The van der Waals surface area contributed by atoms with Gasteiger partial charge in [0.15, 0.2) is 0 Å². The van der Waals surface area contributed by atoms with Crippen molar-refractivity contribution in [3.05, 3.63) is 0 Å². The molecule has 0 aliphatic carbocycles. The monoisotopic (exact) mass is 199 g/mol. The predicted molar refractivity (Wildman–Crippen MR) is 55.8 cm³/mol. The number of piperidine rings is 1. The Bertz CT molecular complexity index is 194. The maximum atomic E-state index is 10.9. The minimum absolute atomic E-state index is 0.209. The van der Waals surface area contributed by atoms with E-state index in [1.807, 2.05) is 4.90 Å². The lowest BCUT2D eigenvalue weighted by atomic mass is 9.79. The first kappa shape index (κ1) is 11.5. The molecule has 0 aromatic carbocycles. The van der Waals surface area contributed by atoms with Gasteiger partial charge in [-0.25, -0.2) is 0 Å². The van der Waals surface area contributed by atoms with Crippen molar-refractivity contribution < 1.29 is 9.90 Å². The minimum atomic E-state index is -0.233. The Hall–Kier alpha value is -0.570. The highest BCUT2D eigenvalue weighted by Crippen LogP contribution is 2.30. The van der Waals surface area contributed by atoms with Crippen molar-refractivity contribution in [3.63, 3.8) is 0 Å². The van der Waals surface area contributed by atoms with E-state index in [4.69, 9.17) is 0 Å². The van der Waals surface area contributed by atoms with Crippen molar-refractivity contribution in [1.29, 1.82) is 0 Å². The third-order valence-electron chi connectivity index (χ3n) is 3.29. The molecule has 0 aromatic heterocycles. The third kappa shape index (κ3) is 2.08. The Morgan fingerprint density at radius 1 is 1.57 bits per heavy atom. The molecule has 1 aliphatic rings. The van der Waals surface area contributed by atoms with Gasteiger partial charge in [-0.1, -0.05) is 20.8 Å². The Balaban J connectivity index is 2.80. The van der Waals surface area contributed by atoms with Crippen LogP contribution in [0.2, 0.25) is 0 Å². The Labute approximate surface area is 86.1 Å². The van der Waals surface area contributed by atoms with Crippen LogP contribution < -0.4 is 0 Å². The molecule has 1 heterocycles. The number of nitrogens with zero attached hydrogens (tertiary/aromatic N) is 1. The number of aliphatic hydroxyl groups is 1. The zero-order chi connectivity index (χ0) is 10.7. The molecule has 3 atom stereocenters. The van der Waals surface area contributed by atoms with Gasteiger partial charge in [-0.05, 0) is 18.8 Å². The van der Waals surface area contributed by atoms with E-state index in [1.165, 1.54) is 0 Å². The van der Waals surface area contributed by atoms with Crippen molar-refractivity contribution >= 4 is 6.41 Å². The average molecular weight is 199 g/mol. The number of likely N-dealkylation sites (tertiary alicyclic amines) is 1. The van der Waals surface area contributed by atoms with Crippen LogP contribution in [0.25, 0.3) is 0 Å². The van der Waals surface area contributed by atoms with Crippen LogP contribution in [0.5, 0.6) is 0 Å². The number of hydrogen-bond acceptors (Lipinski definition) is 2. The molecule has 0 radical (unpaired) electrons. The lowest BCUT2D eigenvalue weighted by molar-refractivity contribution is -0.128. The molecule has 0 saturated carbocycles. The van der Waals surface area contributed by atoms with E-state index in [0.29, 0.717) is 12.5 Å². The molecule has 3 nitrogen and oxygen atoms in total. The summed E-state index contributed by atoms with van der Waals surface area (Å²) in [5, 5.41) is 9.86. The number of hydrogen-bond donors (Lipinski definition) is 1. The minimum Gasteiger partial charge on any atom is -0.393 e. The number of carbonyl (C=O) groups is 1. The average Bonchev–Trinajstić information content (AvgIpc) is 2.17. The summed E-state index contributed by atoms with van der Waals surface area (Å²) in [5.74, 6) is 0.661. The maximum absolute atomic E-state index is 10.9. The summed E-state index contributed by atoms with van der Waals surface area (Å²) in [6, 6.07) is 0.209. The van der Waals surface area contributed by atoms with Crippen molar-refractivity contribution in [1.82, 2.24) is 4.90 Å². The molecular weight excluding hydrogens is 178 g/mol. The van der Waals surface area contributed by atoms with Gasteiger partial charge in [-0.15, -0.1) is 0 Å². The Kier molecular flexibility index (Phi) is 3.93. The highest BCUT2D eigenvalue weighted by molar-refractivity contribution is 5.48. The summed E-state index contributed by atoms with van der Waals surface area (Å²) in [5.41, 5.74) is 0. The molecule has 3 unspecified atom stereocenters. The van der Waals surface area contributed by atoms with Crippen LogP contribution >= 0.6 is 0 Å². The van der Waals surface area contributed by atoms with Gasteiger partial charge in [0.25, 0.3) is 0 Å². The van der Waals surface area contributed by atoms with E-state index in [0.717, 1.165) is 19.3 Å². The summed E-state index contributed by atoms with van der Waals surface area (Å²) in [6.07, 6.45) is 2.36.